The summed E-state index contributed by atoms with van der Waals surface area (Å²) >= 11 is 0. The summed E-state index contributed by atoms with van der Waals surface area (Å²) in [6, 6.07) is 8.19. The summed E-state index contributed by atoms with van der Waals surface area (Å²) in [5.74, 6) is -0.877. The SMILES string of the molecule is Cc1c(C#N)c(NC(=O)COC(=O)c2cccc(NS(C)(=O)=O)c2)n(C2CCCCC2)c1C. The molecule has 3 rings (SSSR count). The van der Waals surface area contributed by atoms with Crippen LogP contribution in [0.1, 0.15) is 65.3 Å². The zero-order valence-electron chi connectivity index (χ0n) is 19.0. The maximum absolute atomic E-state index is 12.6. The van der Waals surface area contributed by atoms with Crippen molar-refractivity contribution in [1.82, 2.24) is 4.57 Å². The Bertz CT molecular complexity index is 1200. The third-order valence-electron chi connectivity index (χ3n) is 5.80. The molecule has 1 heterocycles. The molecule has 0 aliphatic heterocycles. The van der Waals surface area contributed by atoms with Gasteiger partial charge < -0.3 is 14.6 Å². The number of sulfonamides is 1. The molecule has 33 heavy (non-hydrogen) atoms. The zero-order valence-corrected chi connectivity index (χ0v) is 19.8. The Balaban J connectivity index is 1.71. The van der Waals surface area contributed by atoms with Crippen LogP contribution in [0.15, 0.2) is 24.3 Å². The molecule has 0 bridgehead atoms. The molecule has 0 radical (unpaired) electrons. The highest BCUT2D eigenvalue weighted by atomic mass is 32.2. The minimum Gasteiger partial charge on any atom is -0.452 e. The van der Waals surface area contributed by atoms with E-state index < -0.39 is 28.5 Å². The third kappa shape index (κ3) is 5.93. The van der Waals surface area contributed by atoms with Crippen molar-refractivity contribution in [3.05, 3.63) is 46.6 Å². The van der Waals surface area contributed by atoms with Crippen LogP contribution in [0.5, 0.6) is 0 Å². The number of amides is 1. The second-order valence-corrected chi connectivity index (χ2v) is 10.0. The van der Waals surface area contributed by atoms with Crippen molar-refractivity contribution in [2.45, 2.75) is 52.0 Å². The van der Waals surface area contributed by atoms with E-state index >= 15 is 0 Å². The number of nitriles is 1. The number of rotatable bonds is 7. The van der Waals surface area contributed by atoms with Crippen LogP contribution < -0.4 is 10.0 Å². The fourth-order valence-electron chi connectivity index (χ4n) is 4.19. The van der Waals surface area contributed by atoms with Gasteiger partial charge in [-0.2, -0.15) is 5.26 Å². The van der Waals surface area contributed by atoms with Crippen molar-refractivity contribution < 1.29 is 22.7 Å². The monoisotopic (exact) mass is 472 g/mol. The van der Waals surface area contributed by atoms with Crippen molar-refractivity contribution in [3.8, 4) is 6.07 Å². The molecular formula is C23H28N4O5S. The van der Waals surface area contributed by atoms with Crippen molar-refractivity contribution in [2.24, 2.45) is 0 Å². The number of nitrogens with one attached hydrogen (secondary N) is 2. The summed E-state index contributed by atoms with van der Waals surface area (Å²) in [7, 11) is -3.50. The van der Waals surface area contributed by atoms with Crippen LogP contribution in [0, 0.1) is 25.2 Å². The Morgan fingerprint density at radius 1 is 1.21 bits per heavy atom. The summed E-state index contributed by atoms with van der Waals surface area (Å²) < 4.78 is 32.2. The predicted octanol–water partition coefficient (Wildman–Crippen LogP) is 3.65. The number of carbonyl (C=O) groups excluding carboxylic acids is 2. The smallest absolute Gasteiger partial charge is 0.338 e. The predicted molar refractivity (Wildman–Crippen MR) is 125 cm³/mol. The fraction of sp³-hybridized carbons (Fsp3) is 0.435. The Labute approximate surface area is 193 Å². The molecule has 1 fully saturated rings. The first kappa shape index (κ1) is 24.3. The highest BCUT2D eigenvalue weighted by Crippen LogP contribution is 2.36. The molecule has 0 saturated heterocycles. The van der Waals surface area contributed by atoms with Gasteiger partial charge in [-0.15, -0.1) is 0 Å². The van der Waals surface area contributed by atoms with E-state index in [0.717, 1.165) is 43.2 Å². The molecular weight excluding hydrogens is 444 g/mol. The molecule has 2 aromatic rings. The van der Waals surface area contributed by atoms with Crippen molar-refractivity contribution in [3.63, 3.8) is 0 Å². The second kappa shape index (κ2) is 10.1. The number of carbonyl (C=O) groups is 2. The number of benzene rings is 1. The lowest BCUT2D eigenvalue weighted by Crippen LogP contribution is -2.24. The molecule has 10 heteroatoms. The Morgan fingerprint density at radius 2 is 1.91 bits per heavy atom. The van der Waals surface area contributed by atoms with Crippen LogP contribution in [0.2, 0.25) is 0 Å². The number of hydrogen-bond donors (Lipinski definition) is 2. The molecule has 0 spiro atoms. The number of anilines is 2. The van der Waals surface area contributed by atoms with Crippen molar-refractivity contribution in [1.29, 1.82) is 5.26 Å². The van der Waals surface area contributed by atoms with E-state index in [1.165, 1.54) is 30.7 Å². The largest absolute Gasteiger partial charge is 0.452 e. The highest BCUT2D eigenvalue weighted by molar-refractivity contribution is 7.92. The van der Waals surface area contributed by atoms with E-state index in [-0.39, 0.29) is 17.3 Å². The maximum atomic E-state index is 12.6. The fourth-order valence-corrected chi connectivity index (χ4v) is 4.74. The lowest BCUT2D eigenvalue weighted by atomic mass is 9.95. The molecule has 2 N–H and O–H groups in total. The van der Waals surface area contributed by atoms with Crippen LogP contribution in [0.25, 0.3) is 0 Å². The molecule has 1 aromatic carbocycles. The third-order valence-corrected chi connectivity index (χ3v) is 6.41. The van der Waals surface area contributed by atoms with Crippen LogP contribution in [-0.2, 0) is 19.6 Å². The summed E-state index contributed by atoms with van der Waals surface area (Å²) in [5, 5.41) is 12.4. The number of aromatic nitrogens is 1. The first-order valence-electron chi connectivity index (χ1n) is 10.8. The molecule has 0 atom stereocenters. The Kier molecular flexibility index (Phi) is 7.43. The van der Waals surface area contributed by atoms with Gasteiger partial charge in [-0.05, 0) is 50.5 Å². The summed E-state index contributed by atoms with van der Waals surface area (Å²) in [4.78, 5) is 25.0. The highest BCUT2D eigenvalue weighted by Gasteiger charge is 2.26. The Hall–Kier alpha value is -3.32. The van der Waals surface area contributed by atoms with Gasteiger partial charge in [0.2, 0.25) is 10.0 Å². The molecule has 0 unspecified atom stereocenters. The van der Waals surface area contributed by atoms with E-state index in [1.54, 1.807) is 0 Å². The number of hydrogen-bond acceptors (Lipinski definition) is 6. The quantitative estimate of drug-likeness (QED) is 0.592. The summed E-state index contributed by atoms with van der Waals surface area (Å²) in [6.45, 7) is 3.26. The molecule has 1 amide bonds. The van der Waals surface area contributed by atoms with Crippen molar-refractivity contribution in [2.75, 3.05) is 22.9 Å². The van der Waals surface area contributed by atoms with Crippen molar-refractivity contribution >= 4 is 33.4 Å². The zero-order chi connectivity index (χ0) is 24.2. The van der Waals surface area contributed by atoms with E-state index in [1.807, 2.05) is 18.4 Å². The lowest BCUT2D eigenvalue weighted by Gasteiger charge is -2.27. The van der Waals surface area contributed by atoms with Gasteiger partial charge in [-0.25, -0.2) is 13.2 Å². The van der Waals surface area contributed by atoms with E-state index in [0.29, 0.717) is 11.4 Å². The van der Waals surface area contributed by atoms with Gasteiger partial charge in [0.25, 0.3) is 5.91 Å². The first-order chi connectivity index (χ1) is 15.6. The number of ether oxygens (including phenoxy) is 1. The number of nitrogens with zero attached hydrogens (tertiary/aromatic N) is 2. The topological polar surface area (TPSA) is 130 Å². The normalized spacial score (nSPS) is 14.4. The van der Waals surface area contributed by atoms with Crippen LogP contribution in [0.3, 0.4) is 0 Å². The van der Waals surface area contributed by atoms with Gasteiger partial charge in [-0.3, -0.25) is 9.52 Å². The summed E-state index contributed by atoms with van der Waals surface area (Å²) in [5.41, 5.74) is 2.50. The van der Waals surface area contributed by atoms with Gasteiger partial charge in [-0.1, -0.05) is 25.3 Å². The minimum atomic E-state index is -3.50. The Morgan fingerprint density at radius 3 is 2.55 bits per heavy atom. The maximum Gasteiger partial charge on any atom is 0.338 e. The van der Waals surface area contributed by atoms with Gasteiger partial charge in [0.15, 0.2) is 6.61 Å². The van der Waals surface area contributed by atoms with E-state index in [9.17, 15) is 23.3 Å². The average molecular weight is 473 g/mol. The van der Waals surface area contributed by atoms with Crippen LogP contribution in [-0.4, -0.2) is 37.7 Å². The average Bonchev–Trinajstić information content (AvgIpc) is 3.00. The van der Waals surface area contributed by atoms with Gasteiger partial charge in [0, 0.05) is 17.4 Å². The molecule has 1 saturated carbocycles. The first-order valence-corrected chi connectivity index (χ1v) is 12.7. The molecule has 1 aliphatic rings. The standard InChI is InChI=1S/C23H28N4O5S/c1-15-16(2)27(19-10-5-4-6-11-19)22(20(15)13-24)25-21(28)14-32-23(29)17-8-7-9-18(12-17)26-33(3,30)31/h7-9,12,19,26H,4-6,10-11,14H2,1-3H3,(H,25,28). The molecule has 176 valence electrons. The van der Waals surface area contributed by atoms with E-state index in [2.05, 4.69) is 16.1 Å². The van der Waals surface area contributed by atoms with Gasteiger partial charge in [0.05, 0.1) is 17.4 Å². The molecule has 9 nitrogen and oxygen atoms in total. The van der Waals surface area contributed by atoms with E-state index in [4.69, 9.17) is 4.74 Å². The van der Waals surface area contributed by atoms with Crippen LogP contribution in [0.4, 0.5) is 11.5 Å². The molecule has 1 aliphatic carbocycles. The van der Waals surface area contributed by atoms with Gasteiger partial charge >= 0.3 is 5.97 Å². The lowest BCUT2D eigenvalue weighted by molar-refractivity contribution is -0.119. The van der Waals surface area contributed by atoms with Crippen LogP contribution >= 0.6 is 0 Å². The van der Waals surface area contributed by atoms with Gasteiger partial charge in [0.1, 0.15) is 11.9 Å². The minimum absolute atomic E-state index is 0.103. The molecule has 1 aromatic heterocycles. The summed E-state index contributed by atoms with van der Waals surface area (Å²) in [6.07, 6.45) is 6.35. The number of esters is 1. The second-order valence-electron chi connectivity index (χ2n) is 8.29.